The Balaban J connectivity index is 2.41. The Hall–Kier alpha value is -1.39. The highest BCUT2D eigenvalue weighted by Gasteiger charge is 2.19. The first-order valence-corrected chi connectivity index (χ1v) is 6.35. The van der Waals surface area contributed by atoms with Crippen molar-refractivity contribution in [1.82, 2.24) is 9.80 Å². The van der Waals surface area contributed by atoms with Crippen molar-refractivity contribution in [3.05, 3.63) is 36.5 Å². The largest absolute Gasteiger partial charge is 0.339 e. The zero-order chi connectivity index (χ0) is 13.4. The maximum absolute atomic E-state index is 11.4. The van der Waals surface area contributed by atoms with Crippen LogP contribution in [-0.4, -0.2) is 55.0 Å². The minimum atomic E-state index is 0.0486. The fourth-order valence-electron chi connectivity index (χ4n) is 1.97. The summed E-state index contributed by atoms with van der Waals surface area (Å²) in [5, 5.41) is 0. The molecule has 1 fully saturated rings. The number of allylic oxidation sites excluding steroid dienone is 3. The Morgan fingerprint density at radius 3 is 2.50 bits per heavy atom. The first kappa shape index (κ1) is 14.7. The molecule has 0 aromatic carbocycles. The molecule has 1 rings (SSSR count). The second kappa shape index (κ2) is 7.84. The minimum Gasteiger partial charge on any atom is -0.339 e. The van der Waals surface area contributed by atoms with Gasteiger partial charge in [-0.05, 0) is 12.5 Å². The number of hydrogen-bond donors (Lipinski definition) is 1. The molecule has 1 aliphatic rings. The standard InChI is InChI=1S/C14H23N3O/c1-3-5-6-13(4-2)12-16-7-9-17(10-8-16)14(18)11-15/h3-6H,1,7-12,15H2,2H3/b6-5-,13-4+. The summed E-state index contributed by atoms with van der Waals surface area (Å²) in [7, 11) is 0. The summed E-state index contributed by atoms with van der Waals surface area (Å²) >= 11 is 0. The third kappa shape index (κ3) is 4.47. The normalized spacial score (nSPS) is 18.3. The van der Waals surface area contributed by atoms with E-state index >= 15 is 0 Å². The van der Waals surface area contributed by atoms with E-state index in [4.69, 9.17) is 5.73 Å². The Bertz CT molecular complexity index is 339. The molecule has 0 atom stereocenters. The Kier molecular flexibility index (Phi) is 6.39. The van der Waals surface area contributed by atoms with Gasteiger partial charge in [-0.1, -0.05) is 30.9 Å². The molecule has 0 saturated carbocycles. The van der Waals surface area contributed by atoms with Gasteiger partial charge in [-0.25, -0.2) is 0 Å². The quantitative estimate of drug-likeness (QED) is 0.733. The van der Waals surface area contributed by atoms with E-state index in [-0.39, 0.29) is 12.5 Å². The van der Waals surface area contributed by atoms with Crippen molar-refractivity contribution < 1.29 is 4.79 Å². The molecular formula is C14H23N3O. The van der Waals surface area contributed by atoms with E-state index in [2.05, 4.69) is 23.6 Å². The lowest BCUT2D eigenvalue weighted by Gasteiger charge is -2.34. The van der Waals surface area contributed by atoms with Crippen LogP contribution in [0.4, 0.5) is 0 Å². The molecule has 100 valence electrons. The van der Waals surface area contributed by atoms with Crippen LogP contribution in [0.15, 0.2) is 36.5 Å². The van der Waals surface area contributed by atoms with E-state index in [1.807, 2.05) is 17.9 Å². The summed E-state index contributed by atoms with van der Waals surface area (Å²) in [5.74, 6) is 0.0486. The van der Waals surface area contributed by atoms with E-state index in [9.17, 15) is 4.79 Å². The van der Waals surface area contributed by atoms with Crippen molar-refractivity contribution in [3.63, 3.8) is 0 Å². The molecule has 0 aliphatic carbocycles. The molecule has 4 heteroatoms. The van der Waals surface area contributed by atoms with Crippen LogP contribution in [0.2, 0.25) is 0 Å². The molecule has 1 heterocycles. The van der Waals surface area contributed by atoms with Crippen LogP contribution in [0.5, 0.6) is 0 Å². The fraction of sp³-hybridized carbons (Fsp3) is 0.500. The topological polar surface area (TPSA) is 49.6 Å². The van der Waals surface area contributed by atoms with Gasteiger partial charge in [-0.2, -0.15) is 0 Å². The van der Waals surface area contributed by atoms with Crippen LogP contribution in [-0.2, 0) is 4.79 Å². The van der Waals surface area contributed by atoms with Crippen LogP contribution in [0.25, 0.3) is 0 Å². The van der Waals surface area contributed by atoms with Crippen molar-refractivity contribution in [3.8, 4) is 0 Å². The van der Waals surface area contributed by atoms with E-state index in [1.54, 1.807) is 6.08 Å². The number of nitrogens with two attached hydrogens (primary N) is 1. The molecule has 0 aromatic rings. The second-order valence-electron chi connectivity index (χ2n) is 4.32. The Morgan fingerprint density at radius 2 is 2.00 bits per heavy atom. The summed E-state index contributed by atoms with van der Waals surface area (Å²) in [6, 6.07) is 0. The first-order chi connectivity index (χ1) is 8.71. The van der Waals surface area contributed by atoms with Crippen LogP contribution in [0.3, 0.4) is 0 Å². The molecule has 0 radical (unpaired) electrons. The number of hydrogen-bond acceptors (Lipinski definition) is 3. The third-order valence-electron chi connectivity index (χ3n) is 3.12. The molecule has 0 spiro atoms. The lowest BCUT2D eigenvalue weighted by molar-refractivity contribution is -0.131. The van der Waals surface area contributed by atoms with Gasteiger partial charge in [0.1, 0.15) is 0 Å². The predicted molar refractivity (Wildman–Crippen MR) is 75.2 cm³/mol. The predicted octanol–water partition coefficient (Wildman–Crippen LogP) is 0.778. The number of rotatable bonds is 5. The maximum atomic E-state index is 11.4. The molecule has 18 heavy (non-hydrogen) atoms. The van der Waals surface area contributed by atoms with E-state index in [0.29, 0.717) is 0 Å². The molecule has 0 unspecified atom stereocenters. The van der Waals surface area contributed by atoms with Crippen LogP contribution in [0, 0.1) is 0 Å². The van der Waals surface area contributed by atoms with Crippen LogP contribution in [0.1, 0.15) is 6.92 Å². The van der Waals surface area contributed by atoms with Crippen LogP contribution >= 0.6 is 0 Å². The summed E-state index contributed by atoms with van der Waals surface area (Å²) in [5.41, 5.74) is 6.63. The van der Waals surface area contributed by atoms with Gasteiger partial charge in [0.25, 0.3) is 0 Å². The Morgan fingerprint density at radius 1 is 1.33 bits per heavy atom. The summed E-state index contributed by atoms with van der Waals surface area (Å²) in [6.07, 6.45) is 7.91. The number of amides is 1. The number of carbonyl (C=O) groups is 1. The van der Waals surface area contributed by atoms with Gasteiger partial charge in [0.2, 0.25) is 5.91 Å². The molecule has 2 N–H and O–H groups in total. The number of piperazine rings is 1. The van der Waals surface area contributed by atoms with Gasteiger partial charge in [-0.3, -0.25) is 9.69 Å². The summed E-state index contributed by atoms with van der Waals surface area (Å²) in [6.45, 7) is 10.1. The molecule has 1 amide bonds. The highest BCUT2D eigenvalue weighted by atomic mass is 16.2. The highest BCUT2D eigenvalue weighted by Crippen LogP contribution is 2.06. The van der Waals surface area contributed by atoms with Crippen molar-refractivity contribution >= 4 is 5.91 Å². The lowest BCUT2D eigenvalue weighted by Crippen LogP contribution is -2.50. The zero-order valence-electron chi connectivity index (χ0n) is 11.1. The highest BCUT2D eigenvalue weighted by molar-refractivity contribution is 5.78. The SMILES string of the molecule is C=C/C=C\C(=C/C)CN1CCN(C(=O)CN)CC1. The van der Waals surface area contributed by atoms with Crippen molar-refractivity contribution in [2.24, 2.45) is 5.73 Å². The summed E-state index contributed by atoms with van der Waals surface area (Å²) < 4.78 is 0. The van der Waals surface area contributed by atoms with Gasteiger partial charge >= 0.3 is 0 Å². The number of carbonyl (C=O) groups excluding carboxylic acids is 1. The van der Waals surface area contributed by atoms with Gasteiger partial charge in [-0.15, -0.1) is 0 Å². The lowest BCUT2D eigenvalue weighted by atomic mass is 10.2. The fourth-order valence-corrected chi connectivity index (χ4v) is 1.97. The molecular weight excluding hydrogens is 226 g/mol. The summed E-state index contributed by atoms with van der Waals surface area (Å²) in [4.78, 5) is 15.6. The molecule has 1 aliphatic heterocycles. The Labute approximate surface area is 109 Å². The number of nitrogens with zero attached hydrogens (tertiary/aromatic N) is 2. The van der Waals surface area contributed by atoms with Crippen molar-refractivity contribution in [2.45, 2.75) is 6.92 Å². The van der Waals surface area contributed by atoms with Crippen LogP contribution < -0.4 is 5.73 Å². The monoisotopic (exact) mass is 249 g/mol. The molecule has 0 aromatic heterocycles. The van der Waals surface area contributed by atoms with Gasteiger partial charge in [0.15, 0.2) is 0 Å². The minimum absolute atomic E-state index is 0.0486. The van der Waals surface area contributed by atoms with Gasteiger partial charge in [0, 0.05) is 32.7 Å². The van der Waals surface area contributed by atoms with Gasteiger partial charge in [0.05, 0.1) is 6.54 Å². The van der Waals surface area contributed by atoms with Gasteiger partial charge < -0.3 is 10.6 Å². The molecule has 4 nitrogen and oxygen atoms in total. The molecule has 0 bridgehead atoms. The average molecular weight is 249 g/mol. The van der Waals surface area contributed by atoms with Crippen molar-refractivity contribution in [2.75, 3.05) is 39.3 Å². The van der Waals surface area contributed by atoms with E-state index < -0.39 is 0 Å². The smallest absolute Gasteiger partial charge is 0.236 e. The van der Waals surface area contributed by atoms with Crippen molar-refractivity contribution in [1.29, 1.82) is 0 Å². The van der Waals surface area contributed by atoms with E-state index in [1.165, 1.54) is 5.57 Å². The maximum Gasteiger partial charge on any atom is 0.236 e. The first-order valence-electron chi connectivity index (χ1n) is 6.35. The van der Waals surface area contributed by atoms with E-state index in [0.717, 1.165) is 32.7 Å². The average Bonchev–Trinajstić information content (AvgIpc) is 2.43. The zero-order valence-corrected chi connectivity index (χ0v) is 11.1. The third-order valence-corrected chi connectivity index (χ3v) is 3.12. The molecule has 1 saturated heterocycles. The second-order valence-corrected chi connectivity index (χ2v) is 4.32.